The monoisotopic (exact) mass is 336 g/mol. The predicted octanol–water partition coefficient (Wildman–Crippen LogP) is -0.449. The lowest BCUT2D eigenvalue weighted by molar-refractivity contribution is -0.135. The summed E-state index contributed by atoms with van der Waals surface area (Å²) >= 11 is 0. The van der Waals surface area contributed by atoms with E-state index in [0.717, 1.165) is 0 Å². The fourth-order valence-electron chi connectivity index (χ4n) is 2.56. The summed E-state index contributed by atoms with van der Waals surface area (Å²) in [6.45, 7) is 2.61. The maximum absolute atomic E-state index is 13.4. The number of carbonyl (C=O) groups excluding carboxylic acids is 3. The van der Waals surface area contributed by atoms with Crippen molar-refractivity contribution < 1.29 is 18.8 Å². The van der Waals surface area contributed by atoms with Gasteiger partial charge in [0.15, 0.2) is 0 Å². The number of rotatable bonds is 5. The highest BCUT2D eigenvalue weighted by Crippen LogP contribution is 2.22. The van der Waals surface area contributed by atoms with Gasteiger partial charge in [0, 0.05) is 26.6 Å². The molecule has 1 atom stereocenters. The van der Waals surface area contributed by atoms with Crippen molar-refractivity contribution in [3.05, 3.63) is 35.6 Å². The molecule has 0 aliphatic carbocycles. The van der Waals surface area contributed by atoms with Gasteiger partial charge in [-0.1, -0.05) is 12.1 Å². The third-order valence-electron chi connectivity index (χ3n) is 3.73. The van der Waals surface area contributed by atoms with Crippen LogP contribution in [0.15, 0.2) is 24.3 Å². The third kappa shape index (κ3) is 5.02. The highest BCUT2D eigenvalue weighted by Gasteiger charge is 2.28. The lowest BCUT2D eigenvalue weighted by Gasteiger charge is -2.36. The number of hydrogen-bond donors (Lipinski definition) is 3. The zero-order chi connectivity index (χ0) is 17.5. The summed E-state index contributed by atoms with van der Waals surface area (Å²) in [5.41, 5.74) is 0.708. The predicted molar refractivity (Wildman–Crippen MR) is 85.4 cm³/mol. The minimum atomic E-state index is -0.434. The summed E-state index contributed by atoms with van der Waals surface area (Å²) in [7, 11) is 0. The van der Waals surface area contributed by atoms with Crippen LogP contribution in [0.4, 0.5) is 4.39 Å². The molecule has 1 saturated heterocycles. The molecule has 1 aliphatic rings. The van der Waals surface area contributed by atoms with Crippen LogP contribution in [0.2, 0.25) is 0 Å². The highest BCUT2D eigenvalue weighted by atomic mass is 19.1. The smallest absolute Gasteiger partial charge is 0.242 e. The zero-order valence-corrected chi connectivity index (χ0v) is 13.5. The first kappa shape index (κ1) is 17.9. The van der Waals surface area contributed by atoms with Crippen molar-refractivity contribution in [1.82, 2.24) is 20.9 Å². The number of piperazine rings is 1. The van der Waals surface area contributed by atoms with Gasteiger partial charge in [-0.25, -0.2) is 4.39 Å². The number of hydrogen-bond acceptors (Lipinski definition) is 4. The van der Waals surface area contributed by atoms with Crippen LogP contribution in [0.25, 0.3) is 0 Å². The Kier molecular flexibility index (Phi) is 6.25. The average molecular weight is 336 g/mol. The molecule has 0 aromatic heterocycles. The van der Waals surface area contributed by atoms with E-state index in [4.69, 9.17) is 0 Å². The zero-order valence-electron chi connectivity index (χ0n) is 13.5. The van der Waals surface area contributed by atoms with E-state index in [1.165, 1.54) is 19.1 Å². The lowest BCUT2D eigenvalue weighted by atomic mass is 10.0. The Morgan fingerprint density at radius 1 is 1.29 bits per heavy atom. The van der Waals surface area contributed by atoms with Crippen molar-refractivity contribution >= 4 is 17.7 Å². The van der Waals surface area contributed by atoms with Crippen LogP contribution in [0.3, 0.4) is 0 Å². The van der Waals surface area contributed by atoms with Gasteiger partial charge in [-0.05, 0) is 17.7 Å². The van der Waals surface area contributed by atoms with Crippen LogP contribution in [0, 0.1) is 5.82 Å². The van der Waals surface area contributed by atoms with E-state index in [1.807, 2.05) is 0 Å². The van der Waals surface area contributed by atoms with Gasteiger partial charge in [0.05, 0.1) is 19.1 Å². The van der Waals surface area contributed by atoms with E-state index in [1.54, 1.807) is 17.0 Å². The number of benzene rings is 1. The number of nitrogens with zero attached hydrogens (tertiary/aromatic N) is 1. The molecule has 1 fully saturated rings. The van der Waals surface area contributed by atoms with Crippen molar-refractivity contribution in [1.29, 1.82) is 0 Å². The van der Waals surface area contributed by atoms with E-state index in [2.05, 4.69) is 16.0 Å². The van der Waals surface area contributed by atoms with Gasteiger partial charge in [-0.3, -0.25) is 14.4 Å². The van der Waals surface area contributed by atoms with Crippen LogP contribution >= 0.6 is 0 Å². The van der Waals surface area contributed by atoms with E-state index < -0.39 is 5.91 Å². The van der Waals surface area contributed by atoms with Crippen LogP contribution < -0.4 is 16.0 Å². The molecule has 2 rings (SSSR count). The molecule has 3 N–H and O–H groups in total. The van der Waals surface area contributed by atoms with E-state index in [0.29, 0.717) is 25.2 Å². The average Bonchev–Trinajstić information content (AvgIpc) is 2.57. The Hall–Kier alpha value is -2.48. The van der Waals surface area contributed by atoms with E-state index >= 15 is 0 Å². The van der Waals surface area contributed by atoms with Crippen LogP contribution in [0.1, 0.15) is 18.5 Å². The Morgan fingerprint density at radius 3 is 2.79 bits per heavy atom. The van der Waals surface area contributed by atoms with Gasteiger partial charge >= 0.3 is 0 Å². The standard InChI is InChI=1S/C16H21FN4O3/c1-11(22)19-9-15(23)20-10-16(24)21-6-5-18-8-14(21)12-3-2-4-13(17)7-12/h2-4,7,14,18H,5-6,8-10H2,1H3,(H,19,22)(H,20,23). The first-order valence-electron chi connectivity index (χ1n) is 7.74. The Labute approximate surface area is 139 Å². The lowest BCUT2D eigenvalue weighted by Crippen LogP contribution is -2.51. The minimum Gasteiger partial charge on any atom is -0.347 e. The fraction of sp³-hybridized carbons (Fsp3) is 0.438. The third-order valence-corrected chi connectivity index (χ3v) is 3.73. The summed E-state index contributed by atoms with van der Waals surface area (Å²) in [6, 6.07) is 5.86. The van der Waals surface area contributed by atoms with Gasteiger partial charge in [-0.15, -0.1) is 0 Å². The molecule has 7 nitrogen and oxygen atoms in total. The first-order valence-corrected chi connectivity index (χ1v) is 7.74. The molecule has 0 spiro atoms. The molecule has 3 amide bonds. The molecule has 1 aliphatic heterocycles. The molecule has 1 aromatic rings. The maximum Gasteiger partial charge on any atom is 0.242 e. The van der Waals surface area contributed by atoms with Crippen molar-refractivity contribution in [3.8, 4) is 0 Å². The Morgan fingerprint density at radius 2 is 2.08 bits per heavy atom. The Balaban J connectivity index is 1.95. The molecule has 1 heterocycles. The molecule has 8 heteroatoms. The van der Waals surface area contributed by atoms with Crippen molar-refractivity contribution in [2.24, 2.45) is 0 Å². The van der Waals surface area contributed by atoms with Gasteiger partial charge < -0.3 is 20.9 Å². The van der Waals surface area contributed by atoms with Crippen LogP contribution in [-0.4, -0.2) is 55.3 Å². The summed E-state index contributed by atoms with van der Waals surface area (Å²) < 4.78 is 13.4. The molecular weight excluding hydrogens is 315 g/mol. The second-order valence-electron chi connectivity index (χ2n) is 5.55. The van der Waals surface area contributed by atoms with Gasteiger partial charge in [0.2, 0.25) is 17.7 Å². The fourth-order valence-corrected chi connectivity index (χ4v) is 2.56. The molecule has 0 bridgehead atoms. The second kappa shape index (κ2) is 8.39. The van der Waals surface area contributed by atoms with Crippen molar-refractivity contribution in [2.45, 2.75) is 13.0 Å². The normalized spacial score (nSPS) is 17.2. The molecular formula is C16H21FN4O3. The largest absolute Gasteiger partial charge is 0.347 e. The quantitative estimate of drug-likeness (QED) is 0.679. The van der Waals surface area contributed by atoms with Crippen LogP contribution in [0.5, 0.6) is 0 Å². The number of amides is 3. The minimum absolute atomic E-state index is 0.162. The molecule has 24 heavy (non-hydrogen) atoms. The van der Waals surface area contributed by atoms with Gasteiger partial charge in [0.25, 0.3) is 0 Å². The van der Waals surface area contributed by atoms with Gasteiger partial charge in [0.1, 0.15) is 5.82 Å². The topological polar surface area (TPSA) is 90.5 Å². The van der Waals surface area contributed by atoms with Crippen LogP contribution in [-0.2, 0) is 14.4 Å². The number of halogens is 1. The molecule has 130 valence electrons. The molecule has 1 unspecified atom stereocenters. The number of carbonyl (C=O) groups is 3. The van der Waals surface area contributed by atoms with Crippen molar-refractivity contribution in [2.75, 3.05) is 32.7 Å². The SMILES string of the molecule is CC(=O)NCC(=O)NCC(=O)N1CCNCC1c1cccc(F)c1. The van der Waals surface area contributed by atoms with Gasteiger partial charge in [-0.2, -0.15) is 0 Å². The maximum atomic E-state index is 13.4. The molecule has 0 radical (unpaired) electrons. The molecule has 0 saturated carbocycles. The summed E-state index contributed by atoms with van der Waals surface area (Å²) in [6.07, 6.45) is 0. The summed E-state index contributed by atoms with van der Waals surface area (Å²) in [5, 5.41) is 8.03. The number of nitrogens with one attached hydrogen (secondary N) is 3. The second-order valence-corrected chi connectivity index (χ2v) is 5.55. The van der Waals surface area contributed by atoms with E-state index in [-0.39, 0.29) is 36.8 Å². The first-order chi connectivity index (χ1) is 11.5. The van der Waals surface area contributed by atoms with E-state index in [9.17, 15) is 18.8 Å². The highest BCUT2D eigenvalue weighted by molar-refractivity contribution is 5.87. The summed E-state index contributed by atoms with van der Waals surface area (Å²) in [4.78, 5) is 36.4. The molecule has 1 aromatic carbocycles. The van der Waals surface area contributed by atoms with Crippen molar-refractivity contribution in [3.63, 3.8) is 0 Å². The summed E-state index contributed by atoms with van der Waals surface area (Å²) in [5.74, 6) is -1.35. The Bertz CT molecular complexity index is 623.